The van der Waals surface area contributed by atoms with E-state index in [2.05, 4.69) is 258 Å². The van der Waals surface area contributed by atoms with Gasteiger partial charge in [-0.25, -0.2) is 0 Å². The van der Waals surface area contributed by atoms with Crippen LogP contribution in [0.1, 0.15) is 97.2 Å². The highest BCUT2D eigenvalue weighted by Gasteiger charge is 2.53. The van der Waals surface area contributed by atoms with Crippen molar-refractivity contribution in [3.63, 3.8) is 0 Å². The molecule has 1 aromatic heterocycles. The van der Waals surface area contributed by atoms with Gasteiger partial charge in [0.2, 0.25) is 0 Å². The van der Waals surface area contributed by atoms with Crippen LogP contribution in [0.15, 0.2) is 189 Å². The van der Waals surface area contributed by atoms with Crippen molar-refractivity contribution in [1.29, 1.82) is 0 Å². The van der Waals surface area contributed by atoms with Crippen molar-refractivity contribution >= 4 is 59.3 Å². The Balaban J connectivity index is 0.000000183. The number of hydrogen-bond acceptors (Lipinski definition) is 5. The van der Waals surface area contributed by atoms with Crippen LogP contribution < -0.4 is 10.4 Å². The zero-order valence-corrected chi connectivity index (χ0v) is 45.0. The molecule has 0 N–H and O–H groups in total. The molecule has 0 bridgehead atoms. The molecule has 0 radical (unpaired) electrons. The molecule has 7 aromatic rings. The Kier molecular flexibility index (Phi) is 13.6. The summed E-state index contributed by atoms with van der Waals surface area (Å²) in [7, 11) is 1.22. The Hall–Kier alpha value is -6.67. The summed E-state index contributed by atoms with van der Waals surface area (Å²) in [4.78, 5) is 2.35. The molecule has 1 aliphatic carbocycles. The van der Waals surface area contributed by atoms with Crippen LogP contribution in [0.2, 0.25) is 0 Å². The molecule has 0 saturated carbocycles. The fourth-order valence-electron chi connectivity index (χ4n) is 10.2. The second kappa shape index (κ2) is 19.3. The predicted molar refractivity (Wildman–Crippen MR) is 310 cm³/mol. The summed E-state index contributed by atoms with van der Waals surface area (Å²) in [5, 5.41) is 1.14. The smallest absolute Gasteiger partial charge is 0.399 e. The number of rotatable bonds is 11. The molecule has 0 atom stereocenters. The molecule has 2 aliphatic heterocycles. The van der Waals surface area contributed by atoms with Gasteiger partial charge in [0.15, 0.2) is 0 Å². The zero-order valence-electron chi connectivity index (χ0n) is 45.0. The first-order valence-electron chi connectivity index (χ1n) is 25.5. The normalized spacial score (nSPS) is 17.9. The Bertz CT molecular complexity index is 3270. The number of hydrogen-bond donors (Lipinski definition) is 0. The Labute approximate surface area is 435 Å². The molecule has 2 saturated heterocycles. The van der Waals surface area contributed by atoms with E-state index in [0.717, 1.165) is 61.3 Å². The van der Waals surface area contributed by atoms with Gasteiger partial charge in [-0.1, -0.05) is 161 Å². The van der Waals surface area contributed by atoms with Gasteiger partial charge in [0, 0.05) is 51.7 Å². The van der Waals surface area contributed by atoms with Crippen molar-refractivity contribution < 1.29 is 18.6 Å². The summed E-state index contributed by atoms with van der Waals surface area (Å²) in [6.07, 6.45) is 9.63. The lowest BCUT2D eigenvalue weighted by Crippen LogP contribution is -2.41. The van der Waals surface area contributed by atoms with Gasteiger partial charge in [-0.2, -0.15) is 0 Å². The number of aromatic nitrogens is 1. The van der Waals surface area contributed by atoms with E-state index in [1.165, 1.54) is 33.4 Å². The third-order valence-corrected chi connectivity index (χ3v) is 16.2. The van der Waals surface area contributed by atoms with Crippen molar-refractivity contribution in [3.8, 4) is 22.3 Å². The van der Waals surface area contributed by atoms with Crippen molar-refractivity contribution in [2.75, 3.05) is 4.90 Å². The Morgan fingerprint density at radius 2 is 1.11 bits per heavy atom. The molecule has 0 unspecified atom stereocenters. The summed E-state index contributed by atoms with van der Waals surface area (Å²) >= 11 is 0. The molecular weight excluding hydrogens is 894 g/mol. The molecular formula is C65H70B2N2O4. The number of allylic oxidation sites excluding steroid dienone is 6. The first kappa shape index (κ1) is 51.2. The molecule has 3 heterocycles. The fraction of sp³-hybridized carbons (Fsp3) is 0.262. The summed E-state index contributed by atoms with van der Waals surface area (Å²) in [6, 6.07) is 50.2. The molecule has 8 heteroatoms. The predicted octanol–water partition coefficient (Wildman–Crippen LogP) is 15.9. The maximum Gasteiger partial charge on any atom is 0.494 e. The minimum Gasteiger partial charge on any atom is -0.399 e. The second-order valence-corrected chi connectivity index (χ2v) is 22.1. The zero-order chi connectivity index (χ0) is 52.3. The minimum atomic E-state index is -0.464. The molecule has 6 nitrogen and oxygen atoms in total. The largest absolute Gasteiger partial charge is 0.494 e. The highest BCUT2D eigenvalue weighted by atomic mass is 16.7. The second-order valence-electron chi connectivity index (χ2n) is 22.1. The molecule has 370 valence electrons. The summed E-state index contributed by atoms with van der Waals surface area (Å²) in [6.45, 7) is 35.2. The maximum atomic E-state index is 6.30. The number of nitrogens with zero attached hydrogens (tertiary/aromatic N) is 2. The molecule has 2 fully saturated rings. The van der Waals surface area contributed by atoms with Crippen LogP contribution in [0, 0.1) is 6.92 Å². The molecule has 3 aliphatic rings. The van der Waals surface area contributed by atoms with E-state index in [4.69, 9.17) is 18.6 Å². The van der Waals surface area contributed by atoms with Gasteiger partial charge < -0.3 is 28.1 Å². The molecule has 6 aromatic carbocycles. The standard InChI is InChI=1S/C39H33N.C26H37B2NO4/c1-5-12-28(6-2)30-17-21-32(22-18-30)40(33-23-19-31(20-24-33)29-13-8-7-9-14-29)34-25-26-36-35-15-10-11-16-37(35)39(3,4)38(36)27-34;1-12-18(27-30-23(3,4)24(5,6)31-27)15-20-17(2)29(11)22-14-13-19(16-21(20)22)28-32-25(7,8)26(9,10)33-28/h5-27H,1-2H2,3-4H3;12-16H,1H2,2-11H3/b28-12+;18-15+. The molecule has 0 amide bonds. The van der Waals surface area contributed by atoms with Crippen molar-refractivity contribution in [1.82, 2.24) is 4.57 Å². The average molecular weight is 965 g/mol. The van der Waals surface area contributed by atoms with E-state index in [0.29, 0.717) is 0 Å². The Morgan fingerprint density at radius 3 is 1.71 bits per heavy atom. The average Bonchev–Trinajstić information content (AvgIpc) is 3.94. The van der Waals surface area contributed by atoms with Gasteiger partial charge in [-0.05, 0) is 160 Å². The SMILES string of the molecule is C=C/C(=C\c1c(C)n(C)c2ccc(B3OC(C)(C)C(C)(C)O3)cc12)B1OC(C)(C)C(C)(C)O1.C=C/C=C(\C=C)c1ccc(N(c2ccc(-c3ccccc3)cc2)c2ccc3c(c2)C(C)(C)c2ccccc2-3)cc1. The monoisotopic (exact) mass is 965 g/mol. The lowest BCUT2D eigenvalue weighted by molar-refractivity contribution is 0.00578. The summed E-state index contributed by atoms with van der Waals surface area (Å²) in [5.74, 6) is 0. The lowest BCUT2D eigenvalue weighted by Gasteiger charge is -2.32. The van der Waals surface area contributed by atoms with Gasteiger partial charge in [-0.15, -0.1) is 0 Å². The lowest BCUT2D eigenvalue weighted by atomic mass is 9.76. The molecule has 10 rings (SSSR count). The highest BCUT2D eigenvalue weighted by molar-refractivity contribution is 6.62. The van der Waals surface area contributed by atoms with E-state index in [9.17, 15) is 0 Å². The van der Waals surface area contributed by atoms with Crippen LogP contribution in [-0.4, -0.2) is 41.2 Å². The van der Waals surface area contributed by atoms with E-state index < -0.39 is 25.4 Å². The summed E-state index contributed by atoms with van der Waals surface area (Å²) < 4.78 is 27.4. The highest BCUT2D eigenvalue weighted by Crippen LogP contribution is 2.51. The first-order chi connectivity index (χ1) is 34.6. The van der Waals surface area contributed by atoms with Crippen molar-refractivity contribution in [2.45, 2.75) is 104 Å². The van der Waals surface area contributed by atoms with E-state index in [-0.39, 0.29) is 16.6 Å². The topological polar surface area (TPSA) is 45.1 Å². The first-order valence-corrected chi connectivity index (χ1v) is 25.5. The van der Waals surface area contributed by atoms with Crippen LogP contribution in [0.3, 0.4) is 0 Å². The minimum absolute atomic E-state index is 0.0665. The van der Waals surface area contributed by atoms with Crippen LogP contribution in [0.5, 0.6) is 0 Å². The Morgan fingerprint density at radius 1 is 0.562 bits per heavy atom. The molecule has 73 heavy (non-hydrogen) atoms. The van der Waals surface area contributed by atoms with E-state index in [1.54, 1.807) is 6.08 Å². The van der Waals surface area contributed by atoms with Crippen LogP contribution in [0.25, 0.3) is 44.8 Å². The van der Waals surface area contributed by atoms with Crippen LogP contribution >= 0.6 is 0 Å². The van der Waals surface area contributed by atoms with E-state index >= 15 is 0 Å². The van der Waals surface area contributed by atoms with Gasteiger partial charge in [0.05, 0.1) is 22.4 Å². The van der Waals surface area contributed by atoms with Gasteiger partial charge in [-0.3, -0.25) is 0 Å². The van der Waals surface area contributed by atoms with Gasteiger partial charge in [0.1, 0.15) is 0 Å². The quantitative estimate of drug-likeness (QED) is 0.0955. The van der Waals surface area contributed by atoms with Crippen LogP contribution in [-0.2, 0) is 31.1 Å². The fourth-order valence-corrected chi connectivity index (χ4v) is 10.2. The van der Waals surface area contributed by atoms with Gasteiger partial charge in [0.25, 0.3) is 0 Å². The molecule has 0 spiro atoms. The number of aryl methyl sites for hydroxylation is 1. The maximum absolute atomic E-state index is 6.30. The summed E-state index contributed by atoms with van der Waals surface area (Å²) in [5.41, 5.74) is 17.1. The number of benzene rings is 6. The third kappa shape index (κ3) is 9.36. The van der Waals surface area contributed by atoms with Crippen molar-refractivity contribution in [2.24, 2.45) is 7.05 Å². The third-order valence-electron chi connectivity index (χ3n) is 16.2. The van der Waals surface area contributed by atoms with Gasteiger partial charge >= 0.3 is 14.2 Å². The van der Waals surface area contributed by atoms with Crippen LogP contribution in [0.4, 0.5) is 17.1 Å². The number of fused-ring (bicyclic) bond motifs is 4. The van der Waals surface area contributed by atoms with E-state index in [1.807, 2.05) is 18.2 Å². The van der Waals surface area contributed by atoms with Crippen molar-refractivity contribution in [3.05, 3.63) is 217 Å². The number of anilines is 3.